The topological polar surface area (TPSA) is 29.5 Å². The molecule has 0 unspecified atom stereocenters. The first-order valence-corrected chi connectivity index (χ1v) is 7.98. The third-order valence-electron chi connectivity index (χ3n) is 4.27. The first kappa shape index (κ1) is 18.6. The van der Waals surface area contributed by atoms with E-state index in [4.69, 9.17) is 9.15 Å². The molecule has 0 radical (unpaired) electrons. The molecule has 0 spiro atoms. The number of aryl methyl sites for hydroxylation is 1. The molecule has 0 saturated carbocycles. The number of rotatable bonds is 5. The molecule has 0 aliphatic rings. The summed E-state index contributed by atoms with van der Waals surface area (Å²) in [5.74, 6) is 1.69. The van der Waals surface area contributed by atoms with E-state index in [2.05, 4.69) is 36.9 Å². The molecule has 0 atom stereocenters. The number of ether oxygens (including phenoxy) is 1. The second-order valence-electron chi connectivity index (χ2n) is 5.57. The lowest BCUT2D eigenvalue weighted by Gasteiger charge is -2.22. The molecule has 2 heterocycles. The molecular weight excluding hydrogens is 415 g/mol. The molecule has 24 heavy (non-hydrogen) atoms. The minimum Gasteiger partial charge on any atom is -1.00 e. The zero-order valence-corrected chi connectivity index (χ0v) is 16.7. The van der Waals surface area contributed by atoms with Crippen LogP contribution < -0.4 is 38.2 Å². The van der Waals surface area contributed by atoms with Gasteiger partial charge < -0.3 is 38.0 Å². The number of furan rings is 1. The van der Waals surface area contributed by atoms with Crippen LogP contribution in [0.15, 0.2) is 47.3 Å². The average Bonchev–Trinajstić information content (AvgIpc) is 3.02. The largest absolute Gasteiger partial charge is 1.00 e. The molecule has 0 saturated heterocycles. The van der Waals surface area contributed by atoms with Crippen LogP contribution in [0, 0.1) is 0 Å². The molecular formula is C19H23IN2O2. The smallest absolute Gasteiger partial charge is 0.169 e. The number of aromatic nitrogens is 1. The molecule has 0 aliphatic heterocycles. The van der Waals surface area contributed by atoms with Gasteiger partial charge in [-0.05, 0) is 26.0 Å². The Bertz CT molecular complexity index is 808. The van der Waals surface area contributed by atoms with Crippen molar-refractivity contribution in [3.63, 3.8) is 0 Å². The quantitative estimate of drug-likeness (QED) is 0.436. The molecule has 0 fully saturated rings. The summed E-state index contributed by atoms with van der Waals surface area (Å²) in [5, 5.41) is 2.13. The van der Waals surface area contributed by atoms with Crippen LogP contribution in [0.1, 0.15) is 13.8 Å². The Morgan fingerprint density at radius 3 is 2.33 bits per heavy atom. The van der Waals surface area contributed by atoms with Gasteiger partial charge in [0, 0.05) is 41.9 Å². The van der Waals surface area contributed by atoms with Gasteiger partial charge in [-0.15, -0.1) is 0 Å². The molecule has 128 valence electrons. The van der Waals surface area contributed by atoms with Crippen molar-refractivity contribution >= 4 is 16.5 Å². The van der Waals surface area contributed by atoms with E-state index in [0.717, 1.165) is 40.9 Å². The van der Waals surface area contributed by atoms with E-state index in [1.807, 2.05) is 36.3 Å². The molecule has 2 aromatic heterocycles. The van der Waals surface area contributed by atoms with Gasteiger partial charge in [-0.3, -0.25) is 0 Å². The summed E-state index contributed by atoms with van der Waals surface area (Å²) in [6.45, 7) is 6.24. The summed E-state index contributed by atoms with van der Waals surface area (Å²) in [7, 11) is 3.71. The number of anilines is 1. The van der Waals surface area contributed by atoms with Gasteiger partial charge in [0.2, 0.25) is 0 Å². The van der Waals surface area contributed by atoms with Gasteiger partial charge in [0.1, 0.15) is 24.8 Å². The Balaban J connectivity index is 0.00000208. The fourth-order valence-corrected chi connectivity index (χ4v) is 2.99. The van der Waals surface area contributed by atoms with Gasteiger partial charge >= 0.3 is 0 Å². The highest BCUT2D eigenvalue weighted by Crippen LogP contribution is 2.41. The Morgan fingerprint density at radius 2 is 1.75 bits per heavy atom. The van der Waals surface area contributed by atoms with Crippen molar-refractivity contribution < 1.29 is 37.7 Å². The number of fused-ring (bicyclic) bond motifs is 1. The minimum atomic E-state index is 0. The molecule has 3 aromatic rings. The van der Waals surface area contributed by atoms with Crippen LogP contribution in [0.5, 0.6) is 5.75 Å². The van der Waals surface area contributed by atoms with E-state index in [9.17, 15) is 0 Å². The summed E-state index contributed by atoms with van der Waals surface area (Å²) in [6, 6.07) is 8.25. The molecule has 4 nitrogen and oxygen atoms in total. The van der Waals surface area contributed by atoms with Gasteiger partial charge in [0.15, 0.2) is 12.4 Å². The van der Waals surface area contributed by atoms with Crippen molar-refractivity contribution in [2.24, 2.45) is 7.05 Å². The van der Waals surface area contributed by atoms with Gasteiger partial charge in [-0.25, -0.2) is 4.57 Å². The summed E-state index contributed by atoms with van der Waals surface area (Å²) in [4.78, 5) is 2.33. The molecule has 0 aliphatic carbocycles. The van der Waals surface area contributed by atoms with Gasteiger partial charge in [-0.2, -0.15) is 0 Å². The number of hydrogen-bond donors (Lipinski definition) is 0. The summed E-state index contributed by atoms with van der Waals surface area (Å²) < 4.78 is 13.5. The lowest BCUT2D eigenvalue weighted by molar-refractivity contribution is -0.671. The highest BCUT2D eigenvalue weighted by atomic mass is 127. The van der Waals surface area contributed by atoms with Crippen LogP contribution in [0.2, 0.25) is 0 Å². The fourth-order valence-electron chi connectivity index (χ4n) is 2.99. The fraction of sp³-hybridized carbons (Fsp3) is 0.316. The molecule has 3 rings (SSSR count). The van der Waals surface area contributed by atoms with Gasteiger partial charge in [-0.1, -0.05) is 0 Å². The van der Waals surface area contributed by atoms with Crippen molar-refractivity contribution in [2.45, 2.75) is 13.8 Å². The second kappa shape index (κ2) is 7.88. The van der Waals surface area contributed by atoms with Crippen LogP contribution in [0.25, 0.3) is 22.1 Å². The Labute approximate surface area is 160 Å². The van der Waals surface area contributed by atoms with Crippen molar-refractivity contribution in [3.05, 3.63) is 42.9 Å². The van der Waals surface area contributed by atoms with Crippen molar-refractivity contribution in [2.75, 3.05) is 25.1 Å². The zero-order valence-electron chi connectivity index (χ0n) is 14.5. The van der Waals surface area contributed by atoms with Gasteiger partial charge in [0.25, 0.3) is 0 Å². The number of halogens is 1. The van der Waals surface area contributed by atoms with Crippen LogP contribution in [-0.4, -0.2) is 20.2 Å². The number of benzene rings is 1. The van der Waals surface area contributed by atoms with E-state index in [1.54, 1.807) is 7.11 Å². The van der Waals surface area contributed by atoms with Crippen LogP contribution in [-0.2, 0) is 7.05 Å². The lowest BCUT2D eigenvalue weighted by atomic mass is 10.1. The maximum Gasteiger partial charge on any atom is 0.169 e. The van der Waals surface area contributed by atoms with Gasteiger partial charge in [0.05, 0.1) is 12.5 Å². The number of methoxy groups -OCH3 is 1. The number of nitrogens with zero attached hydrogens (tertiary/aromatic N) is 2. The number of pyridine rings is 1. The highest BCUT2D eigenvalue weighted by Gasteiger charge is 2.19. The van der Waals surface area contributed by atoms with E-state index in [1.165, 1.54) is 5.69 Å². The predicted molar refractivity (Wildman–Crippen MR) is 92.9 cm³/mol. The number of hydrogen-bond acceptors (Lipinski definition) is 3. The molecule has 0 amide bonds. The lowest BCUT2D eigenvalue weighted by Crippen LogP contribution is -3.00. The summed E-state index contributed by atoms with van der Waals surface area (Å²) in [5.41, 5.74) is 2.23. The third kappa shape index (κ3) is 3.22. The molecule has 0 bridgehead atoms. The zero-order chi connectivity index (χ0) is 16.4. The first-order valence-electron chi connectivity index (χ1n) is 7.98. The minimum absolute atomic E-state index is 0. The highest BCUT2D eigenvalue weighted by molar-refractivity contribution is 6.05. The van der Waals surface area contributed by atoms with E-state index >= 15 is 0 Å². The Morgan fingerprint density at radius 1 is 1.08 bits per heavy atom. The average molecular weight is 438 g/mol. The van der Waals surface area contributed by atoms with E-state index < -0.39 is 0 Å². The van der Waals surface area contributed by atoms with Crippen LogP contribution in [0.4, 0.5) is 5.69 Å². The standard InChI is InChI=1S/C19H23N2O2.HI/c1-5-21(6-2)16-7-8-17(22-4)18-15(16)13-23-19(18)14-9-11-20(3)12-10-14;/h7-13H,5-6H2,1-4H3;1H/q+1;/p-1. The monoisotopic (exact) mass is 438 g/mol. The molecule has 0 N–H and O–H groups in total. The summed E-state index contributed by atoms with van der Waals surface area (Å²) in [6.07, 6.45) is 5.88. The summed E-state index contributed by atoms with van der Waals surface area (Å²) >= 11 is 0. The maximum atomic E-state index is 5.95. The Hall–Kier alpha value is -1.76. The van der Waals surface area contributed by atoms with Crippen LogP contribution in [0.3, 0.4) is 0 Å². The predicted octanol–water partition coefficient (Wildman–Crippen LogP) is 0.783. The maximum absolute atomic E-state index is 5.95. The first-order chi connectivity index (χ1) is 11.2. The van der Waals surface area contributed by atoms with Crippen molar-refractivity contribution in [1.82, 2.24) is 0 Å². The van der Waals surface area contributed by atoms with Crippen molar-refractivity contribution in [3.8, 4) is 17.1 Å². The molecule has 1 aromatic carbocycles. The molecule has 5 heteroatoms. The normalized spacial score (nSPS) is 10.5. The third-order valence-corrected chi connectivity index (χ3v) is 4.27. The van der Waals surface area contributed by atoms with E-state index in [-0.39, 0.29) is 24.0 Å². The van der Waals surface area contributed by atoms with Crippen molar-refractivity contribution in [1.29, 1.82) is 0 Å². The SMILES string of the molecule is CCN(CC)c1ccc(OC)c2c(-c3cc[n+](C)cc3)occ12.[I-]. The van der Waals surface area contributed by atoms with Crippen LogP contribution >= 0.6 is 0 Å². The Kier molecular flexibility index (Phi) is 6.10. The van der Waals surface area contributed by atoms with E-state index in [0.29, 0.717) is 0 Å². The second-order valence-corrected chi connectivity index (χ2v) is 5.57.